The monoisotopic (exact) mass is 295 g/mol. The molecule has 1 aromatic rings. The summed E-state index contributed by atoms with van der Waals surface area (Å²) in [6.07, 6.45) is 3.80. The van der Waals surface area contributed by atoms with Crippen molar-refractivity contribution in [3.05, 3.63) is 11.1 Å². The number of anilines is 1. The molecule has 2 aliphatic rings. The molecule has 1 aromatic heterocycles. The summed E-state index contributed by atoms with van der Waals surface area (Å²) in [5.74, 6) is 0.508. The molecule has 3 rings (SSSR count). The van der Waals surface area contributed by atoms with Crippen molar-refractivity contribution in [2.45, 2.75) is 19.8 Å². The Balaban J connectivity index is 1.54. The summed E-state index contributed by atoms with van der Waals surface area (Å²) in [4.78, 5) is 22.4. The molecule has 0 bridgehead atoms. The van der Waals surface area contributed by atoms with E-state index in [2.05, 4.69) is 16.8 Å². The average molecular weight is 295 g/mol. The lowest BCUT2D eigenvalue weighted by Gasteiger charge is -2.35. The number of rotatable bonds is 2. The number of piperidine rings is 1. The molecule has 2 fully saturated rings. The van der Waals surface area contributed by atoms with Gasteiger partial charge in [0, 0.05) is 43.2 Å². The molecule has 3 heterocycles. The van der Waals surface area contributed by atoms with Crippen LogP contribution in [0.5, 0.6) is 0 Å². The van der Waals surface area contributed by atoms with Crippen molar-refractivity contribution >= 4 is 22.4 Å². The molecule has 0 N–H and O–H groups in total. The second-order valence-corrected chi connectivity index (χ2v) is 6.67. The van der Waals surface area contributed by atoms with Gasteiger partial charge < -0.3 is 14.5 Å². The Hall–Kier alpha value is -1.14. The van der Waals surface area contributed by atoms with Crippen molar-refractivity contribution in [1.82, 2.24) is 9.88 Å². The number of morpholine rings is 1. The first-order chi connectivity index (χ1) is 9.74. The standard InChI is InChI=1S/C14H21N3O2S/c1-11-10-15-14(20-11)17-4-2-12(3-5-17)13(18)16-6-8-19-9-7-16/h10,12H,2-9H2,1H3. The third-order valence-electron chi connectivity index (χ3n) is 4.05. The molecule has 0 spiro atoms. The van der Waals surface area contributed by atoms with E-state index in [1.165, 1.54) is 4.88 Å². The largest absolute Gasteiger partial charge is 0.378 e. The maximum absolute atomic E-state index is 12.4. The van der Waals surface area contributed by atoms with Gasteiger partial charge in [-0.2, -0.15) is 0 Å². The van der Waals surface area contributed by atoms with Crippen LogP contribution in [-0.2, 0) is 9.53 Å². The van der Waals surface area contributed by atoms with Crippen molar-refractivity contribution in [2.75, 3.05) is 44.3 Å². The predicted octanol–water partition coefficient (Wildman–Crippen LogP) is 1.53. The first-order valence-corrected chi connectivity index (χ1v) is 8.09. The highest BCUT2D eigenvalue weighted by molar-refractivity contribution is 7.15. The van der Waals surface area contributed by atoms with Gasteiger partial charge in [-0.25, -0.2) is 4.98 Å². The summed E-state index contributed by atoms with van der Waals surface area (Å²) < 4.78 is 5.31. The normalized spacial score (nSPS) is 21.2. The number of nitrogens with zero attached hydrogens (tertiary/aromatic N) is 3. The Morgan fingerprint density at radius 2 is 2.00 bits per heavy atom. The zero-order chi connectivity index (χ0) is 13.9. The molecule has 0 saturated carbocycles. The number of hydrogen-bond acceptors (Lipinski definition) is 5. The van der Waals surface area contributed by atoms with Gasteiger partial charge in [0.15, 0.2) is 5.13 Å². The summed E-state index contributed by atoms with van der Waals surface area (Å²) >= 11 is 1.73. The van der Waals surface area contributed by atoms with Crippen LogP contribution in [0, 0.1) is 12.8 Å². The number of aryl methyl sites for hydroxylation is 1. The van der Waals surface area contributed by atoms with Crippen LogP contribution in [0.15, 0.2) is 6.20 Å². The van der Waals surface area contributed by atoms with E-state index in [4.69, 9.17) is 4.74 Å². The van der Waals surface area contributed by atoms with Gasteiger partial charge in [-0.15, -0.1) is 11.3 Å². The highest BCUT2D eigenvalue weighted by Crippen LogP contribution is 2.27. The molecule has 2 saturated heterocycles. The second-order valence-electron chi connectivity index (χ2n) is 5.45. The smallest absolute Gasteiger partial charge is 0.225 e. The number of hydrogen-bond donors (Lipinski definition) is 0. The van der Waals surface area contributed by atoms with Gasteiger partial charge >= 0.3 is 0 Å². The van der Waals surface area contributed by atoms with E-state index >= 15 is 0 Å². The van der Waals surface area contributed by atoms with Gasteiger partial charge in [-0.3, -0.25) is 4.79 Å². The molecule has 0 aliphatic carbocycles. The first-order valence-electron chi connectivity index (χ1n) is 7.28. The summed E-state index contributed by atoms with van der Waals surface area (Å²) in [5.41, 5.74) is 0. The molecular weight excluding hydrogens is 274 g/mol. The molecule has 6 heteroatoms. The van der Waals surface area contributed by atoms with E-state index in [0.29, 0.717) is 19.1 Å². The van der Waals surface area contributed by atoms with Gasteiger partial charge in [0.1, 0.15) is 0 Å². The highest BCUT2D eigenvalue weighted by atomic mass is 32.1. The molecule has 0 unspecified atom stereocenters. The van der Waals surface area contributed by atoms with Crippen molar-refractivity contribution in [2.24, 2.45) is 5.92 Å². The van der Waals surface area contributed by atoms with Gasteiger partial charge in [0.05, 0.1) is 13.2 Å². The minimum Gasteiger partial charge on any atom is -0.378 e. The van der Waals surface area contributed by atoms with E-state index in [1.807, 2.05) is 11.1 Å². The summed E-state index contributed by atoms with van der Waals surface area (Å²) in [6.45, 7) is 6.83. The molecule has 5 nitrogen and oxygen atoms in total. The Morgan fingerprint density at radius 1 is 1.30 bits per heavy atom. The molecule has 0 aromatic carbocycles. The van der Waals surface area contributed by atoms with Gasteiger partial charge in [-0.1, -0.05) is 0 Å². The van der Waals surface area contributed by atoms with Crippen LogP contribution in [0.1, 0.15) is 17.7 Å². The average Bonchev–Trinajstić information content (AvgIpc) is 2.94. The van der Waals surface area contributed by atoms with E-state index in [-0.39, 0.29) is 5.92 Å². The zero-order valence-electron chi connectivity index (χ0n) is 11.9. The Bertz CT molecular complexity index is 463. The quantitative estimate of drug-likeness (QED) is 0.830. The Kier molecular flexibility index (Phi) is 4.21. The second kappa shape index (κ2) is 6.10. The Labute approximate surface area is 123 Å². The highest BCUT2D eigenvalue weighted by Gasteiger charge is 2.30. The summed E-state index contributed by atoms with van der Waals surface area (Å²) in [7, 11) is 0. The summed E-state index contributed by atoms with van der Waals surface area (Å²) in [5, 5.41) is 1.10. The molecule has 20 heavy (non-hydrogen) atoms. The van der Waals surface area contributed by atoms with Crippen LogP contribution >= 0.6 is 11.3 Å². The first kappa shape index (κ1) is 13.8. The molecule has 2 aliphatic heterocycles. The number of aromatic nitrogens is 1. The zero-order valence-corrected chi connectivity index (χ0v) is 12.7. The van der Waals surface area contributed by atoms with Gasteiger partial charge in [-0.05, 0) is 19.8 Å². The third kappa shape index (κ3) is 2.96. The van der Waals surface area contributed by atoms with Crippen molar-refractivity contribution in [1.29, 1.82) is 0 Å². The third-order valence-corrected chi connectivity index (χ3v) is 5.02. The van der Waals surface area contributed by atoms with E-state index in [9.17, 15) is 4.79 Å². The lowest BCUT2D eigenvalue weighted by atomic mass is 9.95. The molecular formula is C14H21N3O2S. The number of carbonyl (C=O) groups excluding carboxylic acids is 1. The minimum atomic E-state index is 0.186. The van der Waals surface area contributed by atoms with Crippen LogP contribution in [0.25, 0.3) is 0 Å². The fourth-order valence-corrected chi connectivity index (χ4v) is 3.66. The van der Waals surface area contributed by atoms with Crippen molar-refractivity contribution in [3.63, 3.8) is 0 Å². The number of carbonyl (C=O) groups is 1. The molecule has 1 amide bonds. The lowest BCUT2D eigenvalue weighted by molar-refractivity contribution is -0.140. The fraction of sp³-hybridized carbons (Fsp3) is 0.714. The topological polar surface area (TPSA) is 45.7 Å². The van der Waals surface area contributed by atoms with Crippen LogP contribution in [0.4, 0.5) is 5.13 Å². The maximum atomic E-state index is 12.4. The van der Waals surface area contributed by atoms with Crippen LogP contribution < -0.4 is 4.90 Å². The fourth-order valence-electron chi connectivity index (χ4n) is 2.85. The molecule has 0 atom stereocenters. The number of ether oxygens (including phenoxy) is 1. The van der Waals surface area contributed by atoms with E-state index < -0.39 is 0 Å². The van der Waals surface area contributed by atoms with Crippen LogP contribution in [0.2, 0.25) is 0 Å². The number of thiazole rings is 1. The Morgan fingerprint density at radius 3 is 2.60 bits per heavy atom. The predicted molar refractivity (Wildman–Crippen MR) is 79.2 cm³/mol. The van der Waals surface area contributed by atoms with Gasteiger partial charge in [0.2, 0.25) is 5.91 Å². The van der Waals surface area contributed by atoms with Crippen LogP contribution in [0.3, 0.4) is 0 Å². The van der Waals surface area contributed by atoms with E-state index in [1.54, 1.807) is 11.3 Å². The molecule has 0 radical (unpaired) electrons. The molecule has 110 valence electrons. The van der Waals surface area contributed by atoms with Crippen molar-refractivity contribution < 1.29 is 9.53 Å². The SMILES string of the molecule is Cc1cnc(N2CCC(C(=O)N3CCOCC3)CC2)s1. The van der Waals surface area contributed by atoms with E-state index in [0.717, 1.165) is 44.2 Å². The van der Waals surface area contributed by atoms with Crippen molar-refractivity contribution in [3.8, 4) is 0 Å². The van der Waals surface area contributed by atoms with Gasteiger partial charge in [0.25, 0.3) is 0 Å². The maximum Gasteiger partial charge on any atom is 0.225 e. The lowest BCUT2D eigenvalue weighted by Crippen LogP contribution is -2.46. The minimum absolute atomic E-state index is 0.186. The number of amides is 1. The van der Waals surface area contributed by atoms with Crippen LogP contribution in [-0.4, -0.2) is 55.2 Å². The summed E-state index contributed by atoms with van der Waals surface area (Å²) in [6, 6.07) is 0.